The molecule has 2 aliphatic rings. The Hall–Kier alpha value is -2.80. The van der Waals surface area contributed by atoms with Gasteiger partial charge in [-0.15, -0.1) is 0 Å². The third kappa shape index (κ3) is 4.84. The molecule has 2 heterocycles. The maximum Gasteiger partial charge on any atom is 0.146 e. The third-order valence-corrected chi connectivity index (χ3v) is 5.39. The quantitative estimate of drug-likeness (QED) is 0.741. The van der Waals surface area contributed by atoms with Crippen molar-refractivity contribution in [3.8, 4) is 0 Å². The van der Waals surface area contributed by atoms with Crippen LogP contribution in [-0.2, 0) is 22.5 Å². The second kappa shape index (κ2) is 9.34. The molecule has 158 valence electrons. The molecular weight excluding hydrogens is 380 g/mol. The number of aliphatic hydroxyl groups excluding tert-OH is 1. The van der Waals surface area contributed by atoms with Crippen molar-refractivity contribution in [1.82, 2.24) is 9.97 Å². The number of hydrogen-bond acceptors (Lipinski definition) is 7. The minimum absolute atomic E-state index is 0.0451. The van der Waals surface area contributed by atoms with Gasteiger partial charge in [0.1, 0.15) is 30.7 Å². The summed E-state index contributed by atoms with van der Waals surface area (Å²) in [5.74, 6) is 0. The topological polar surface area (TPSA) is 89.2 Å². The zero-order valence-electron chi connectivity index (χ0n) is 17.6. The van der Waals surface area contributed by atoms with Gasteiger partial charge in [-0.3, -0.25) is 9.97 Å². The number of aliphatic hydroxyl groups is 1. The summed E-state index contributed by atoms with van der Waals surface area (Å²) >= 11 is 0. The summed E-state index contributed by atoms with van der Waals surface area (Å²) in [4.78, 5) is 20.0. The molecule has 0 aliphatic heterocycles. The van der Waals surface area contributed by atoms with E-state index in [4.69, 9.17) is 9.68 Å². The summed E-state index contributed by atoms with van der Waals surface area (Å²) < 4.78 is 0. The summed E-state index contributed by atoms with van der Waals surface area (Å²) in [6.07, 6.45) is 4.91. The standard InChI is InChI=1S/C23H28N4O3/c1-15-9-11-17-5-3-7-20(22(17)24-15)26-29-13-19(28)14-30-27-21-8-4-6-18-12-10-16(2)25-23(18)21/h9-12,19,28H,3-8,13-14H2,1-2H3/b26-20+,27-21+. The Balaban J connectivity index is 1.30. The highest BCUT2D eigenvalue weighted by Gasteiger charge is 2.19. The number of aromatic nitrogens is 2. The summed E-state index contributed by atoms with van der Waals surface area (Å²) in [6.45, 7) is 4.03. The molecule has 0 bridgehead atoms. The van der Waals surface area contributed by atoms with Crippen LogP contribution in [0.1, 0.15) is 59.6 Å². The van der Waals surface area contributed by atoms with Crippen LogP contribution in [0.25, 0.3) is 0 Å². The van der Waals surface area contributed by atoms with Gasteiger partial charge in [0.25, 0.3) is 0 Å². The van der Waals surface area contributed by atoms with Gasteiger partial charge in [0.05, 0.1) is 11.4 Å². The van der Waals surface area contributed by atoms with Crippen LogP contribution in [0.3, 0.4) is 0 Å². The Morgan fingerprint density at radius 2 is 1.27 bits per heavy atom. The number of aryl methyl sites for hydroxylation is 4. The molecule has 0 saturated heterocycles. The van der Waals surface area contributed by atoms with Gasteiger partial charge in [-0.25, -0.2) is 0 Å². The van der Waals surface area contributed by atoms with E-state index in [9.17, 15) is 5.11 Å². The monoisotopic (exact) mass is 408 g/mol. The van der Waals surface area contributed by atoms with Crippen LogP contribution in [0.2, 0.25) is 0 Å². The molecule has 4 rings (SSSR count). The number of oxime groups is 2. The van der Waals surface area contributed by atoms with Crippen molar-refractivity contribution in [3.05, 3.63) is 58.2 Å². The van der Waals surface area contributed by atoms with Crippen LogP contribution in [-0.4, -0.2) is 45.8 Å². The summed E-state index contributed by atoms with van der Waals surface area (Å²) in [6, 6.07) is 8.25. The van der Waals surface area contributed by atoms with Crippen LogP contribution in [0.15, 0.2) is 34.6 Å². The van der Waals surface area contributed by atoms with Crippen LogP contribution >= 0.6 is 0 Å². The lowest BCUT2D eigenvalue weighted by atomic mass is 9.94. The Kier molecular flexibility index (Phi) is 6.38. The first kappa shape index (κ1) is 20.5. The fourth-order valence-corrected chi connectivity index (χ4v) is 3.83. The Bertz CT molecular complexity index is 893. The molecule has 30 heavy (non-hydrogen) atoms. The average molecular weight is 409 g/mol. The molecule has 0 atom stereocenters. The Morgan fingerprint density at radius 3 is 1.73 bits per heavy atom. The molecule has 2 aliphatic carbocycles. The fraction of sp³-hybridized carbons (Fsp3) is 0.478. The van der Waals surface area contributed by atoms with Crippen molar-refractivity contribution in [2.45, 2.75) is 58.5 Å². The van der Waals surface area contributed by atoms with Gasteiger partial charge in [-0.2, -0.15) is 0 Å². The highest BCUT2D eigenvalue weighted by molar-refractivity contribution is 6.01. The number of pyridine rings is 2. The van der Waals surface area contributed by atoms with Gasteiger partial charge in [-0.1, -0.05) is 22.4 Å². The SMILES string of the molecule is Cc1ccc2c(n1)/C(=N/OCC(O)CO/N=C1\CCCc3ccc(C)nc31)CCC2. The third-order valence-electron chi connectivity index (χ3n) is 5.39. The van der Waals surface area contributed by atoms with Gasteiger partial charge < -0.3 is 14.8 Å². The number of nitrogens with zero attached hydrogens (tertiary/aromatic N) is 4. The van der Waals surface area contributed by atoms with Crippen LogP contribution in [0, 0.1) is 13.8 Å². The molecule has 0 spiro atoms. The highest BCUT2D eigenvalue weighted by Crippen LogP contribution is 2.22. The van der Waals surface area contributed by atoms with Crippen LogP contribution in [0.5, 0.6) is 0 Å². The minimum atomic E-state index is -0.819. The predicted molar refractivity (Wildman–Crippen MR) is 115 cm³/mol. The minimum Gasteiger partial charge on any atom is -0.393 e. The highest BCUT2D eigenvalue weighted by atomic mass is 16.7. The molecule has 0 fully saturated rings. The molecule has 0 saturated carbocycles. The first-order chi connectivity index (χ1) is 14.6. The number of fused-ring (bicyclic) bond motifs is 2. The van der Waals surface area contributed by atoms with Gasteiger partial charge >= 0.3 is 0 Å². The van der Waals surface area contributed by atoms with Crippen molar-refractivity contribution < 1.29 is 14.8 Å². The molecule has 2 aromatic heterocycles. The van der Waals surface area contributed by atoms with E-state index in [1.54, 1.807) is 0 Å². The van der Waals surface area contributed by atoms with Gasteiger partial charge in [0, 0.05) is 11.4 Å². The molecule has 1 N–H and O–H groups in total. The number of rotatable bonds is 6. The first-order valence-electron chi connectivity index (χ1n) is 10.6. The Morgan fingerprint density at radius 1 is 0.800 bits per heavy atom. The molecule has 7 heteroatoms. The van der Waals surface area contributed by atoms with E-state index in [2.05, 4.69) is 32.4 Å². The second-order valence-electron chi connectivity index (χ2n) is 7.95. The van der Waals surface area contributed by atoms with Gasteiger partial charge in [-0.05, 0) is 75.6 Å². The summed E-state index contributed by atoms with van der Waals surface area (Å²) in [7, 11) is 0. The zero-order valence-corrected chi connectivity index (χ0v) is 17.6. The van der Waals surface area contributed by atoms with E-state index in [0.29, 0.717) is 0 Å². The Labute approximate surface area is 176 Å². The zero-order chi connectivity index (χ0) is 20.9. The maximum atomic E-state index is 10.2. The van der Waals surface area contributed by atoms with Crippen molar-refractivity contribution >= 4 is 11.4 Å². The number of hydrogen-bond donors (Lipinski definition) is 1. The van der Waals surface area contributed by atoms with Crippen molar-refractivity contribution in [3.63, 3.8) is 0 Å². The predicted octanol–water partition coefficient (Wildman–Crippen LogP) is 3.27. The van der Waals surface area contributed by atoms with E-state index in [1.165, 1.54) is 11.1 Å². The lowest BCUT2D eigenvalue weighted by Crippen LogP contribution is -2.22. The second-order valence-corrected chi connectivity index (χ2v) is 7.95. The molecule has 0 unspecified atom stereocenters. The van der Waals surface area contributed by atoms with Crippen LogP contribution < -0.4 is 0 Å². The first-order valence-corrected chi connectivity index (χ1v) is 10.6. The van der Waals surface area contributed by atoms with E-state index >= 15 is 0 Å². The lowest BCUT2D eigenvalue weighted by Gasteiger charge is -2.18. The van der Waals surface area contributed by atoms with E-state index in [-0.39, 0.29) is 13.2 Å². The largest absolute Gasteiger partial charge is 0.393 e. The smallest absolute Gasteiger partial charge is 0.146 e. The van der Waals surface area contributed by atoms with Gasteiger partial charge in [0.15, 0.2) is 0 Å². The van der Waals surface area contributed by atoms with Crippen molar-refractivity contribution in [2.24, 2.45) is 10.3 Å². The molecule has 0 amide bonds. The average Bonchev–Trinajstić information content (AvgIpc) is 2.74. The lowest BCUT2D eigenvalue weighted by molar-refractivity contribution is -0.0165. The molecule has 0 aromatic carbocycles. The normalized spacial score (nSPS) is 19.3. The van der Waals surface area contributed by atoms with Crippen molar-refractivity contribution in [2.75, 3.05) is 13.2 Å². The summed E-state index contributed by atoms with van der Waals surface area (Å²) in [5, 5.41) is 18.6. The maximum absolute atomic E-state index is 10.2. The van der Waals surface area contributed by atoms with E-state index < -0.39 is 6.10 Å². The van der Waals surface area contributed by atoms with E-state index in [1.807, 2.05) is 26.0 Å². The summed E-state index contributed by atoms with van der Waals surface area (Å²) in [5.41, 5.74) is 7.84. The molecule has 7 nitrogen and oxygen atoms in total. The van der Waals surface area contributed by atoms with Crippen molar-refractivity contribution in [1.29, 1.82) is 0 Å². The molecular formula is C23H28N4O3. The van der Waals surface area contributed by atoms with Gasteiger partial charge in [0.2, 0.25) is 0 Å². The molecule has 0 radical (unpaired) electrons. The van der Waals surface area contributed by atoms with Crippen LogP contribution in [0.4, 0.5) is 0 Å². The molecule has 2 aromatic rings. The fourth-order valence-electron chi connectivity index (χ4n) is 3.83. The van der Waals surface area contributed by atoms with E-state index in [0.717, 1.165) is 72.7 Å².